The molecule has 0 aliphatic rings. The molecule has 0 heterocycles. The summed E-state index contributed by atoms with van der Waals surface area (Å²) in [6, 6.07) is 15.6. The fraction of sp³-hybridized carbons (Fsp3) is 0.400. The zero-order chi connectivity index (χ0) is 71.6. The van der Waals surface area contributed by atoms with E-state index in [0.717, 1.165) is 5.56 Å². The van der Waals surface area contributed by atoms with E-state index in [1.54, 1.807) is 48.5 Å². The second kappa shape index (κ2) is 45.1. The van der Waals surface area contributed by atoms with Crippen molar-refractivity contribution in [2.75, 3.05) is 73.2 Å². The normalized spacial score (nSPS) is 11.3. The number of aryl methyl sites for hydroxylation is 1. The summed E-state index contributed by atoms with van der Waals surface area (Å²) in [5, 5.41) is 2.84. The molecular weight excluding hydrogens is 1960 g/mol. The summed E-state index contributed by atoms with van der Waals surface area (Å²) in [6.45, 7) is 9.65. The van der Waals surface area contributed by atoms with E-state index in [4.69, 9.17) is 66.3 Å². The molecule has 2 unspecified atom stereocenters. The van der Waals surface area contributed by atoms with Gasteiger partial charge in [-0.2, -0.15) is 0 Å². The number of carbonyl (C=O) groups is 11. The van der Waals surface area contributed by atoms with Crippen LogP contribution in [0.4, 0.5) is 14.4 Å². The van der Waals surface area contributed by atoms with E-state index in [9.17, 15) is 52.7 Å². The number of hydrogen-bond acceptors (Lipinski definition) is 25. The summed E-state index contributed by atoms with van der Waals surface area (Å²) in [6.07, 6.45) is -3.50. The van der Waals surface area contributed by atoms with Crippen molar-refractivity contribution in [3.63, 3.8) is 0 Å². The van der Waals surface area contributed by atoms with Crippen LogP contribution >= 0.6 is 136 Å². The minimum atomic E-state index is -1.27. The van der Waals surface area contributed by atoms with Crippen LogP contribution in [-0.2, 0) is 111 Å². The van der Waals surface area contributed by atoms with Crippen molar-refractivity contribution in [3.05, 3.63) is 129 Å². The number of amides is 1. The minimum absolute atomic E-state index is 0.0113. The van der Waals surface area contributed by atoms with Crippen molar-refractivity contribution < 1.29 is 119 Å². The van der Waals surface area contributed by atoms with E-state index in [-0.39, 0.29) is 120 Å². The molecule has 526 valence electrons. The van der Waals surface area contributed by atoms with Crippen LogP contribution in [0.5, 0.6) is 23.0 Å². The number of benzene rings is 4. The predicted octanol–water partition coefficient (Wildman–Crippen LogP) is 11.4. The second-order valence-corrected chi connectivity index (χ2v) is 27.6. The minimum Gasteiger partial charge on any atom is -0.480 e. The molecule has 4 aromatic rings. The van der Waals surface area contributed by atoms with Gasteiger partial charge in [0.05, 0.1) is 79.9 Å². The van der Waals surface area contributed by atoms with Crippen LogP contribution < -0.4 is 24.3 Å². The van der Waals surface area contributed by atoms with Crippen molar-refractivity contribution in [1.82, 2.24) is 5.32 Å². The highest BCUT2D eigenvalue weighted by molar-refractivity contribution is 14.1. The number of esters is 6. The van der Waals surface area contributed by atoms with Crippen molar-refractivity contribution in [2.24, 2.45) is 0 Å². The maximum atomic E-state index is 13.7. The first kappa shape index (κ1) is 83.7. The molecule has 0 bridgehead atoms. The highest BCUT2D eigenvalue weighted by atomic mass is 127. The van der Waals surface area contributed by atoms with Gasteiger partial charge in [-0.05, 0) is 239 Å². The van der Waals surface area contributed by atoms with Gasteiger partial charge in [-0.1, -0.05) is 25.3 Å². The van der Waals surface area contributed by atoms with Crippen LogP contribution in [-0.4, -0.2) is 151 Å². The molecule has 0 aromatic heterocycles. The lowest BCUT2D eigenvalue weighted by Crippen LogP contribution is -2.42. The Morgan fingerprint density at radius 2 is 0.928 bits per heavy atom. The molecular formula is C65H69I6NO25. The quantitative estimate of drug-likeness (QED) is 0.00822. The molecule has 26 nitrogen and oxygen atoms in total. The van der Waals surface area contributed by atoms with Gasteiger partial charge in [-0.25, -0.2) is 28.8 Å². The van der Waals surface area contributed by atoms with Gasteiger partial charge in [0, 0.05) is 63.9 Å². The van der Waals surface area contributed by atoms with Crippen LogP contribution in [0.3, 0.4) is 0 Å². The van der Waals surface area contributed by atoms with Crippen LogP contribution in [0.1, 0.15) is 81.5 Å². The van der Waals surface area contributed by atoms with Crippen molar-refractivity contribution in [1.29, 1.82) is 0 Å². The zero-order valence-corrected chi connectivity index (χ0v) is 65.9. The number of rotatable bonds is 40. The molecule has 0 aliphatic heterocycles. The number of methoxy groups -OCH3 is 1. The van der Waals surface area contributed by atoms with Gasteiger partial charge in [0.2, 0.25) is 5.91 Å². The van der Waals surface area contributed by atoms with Crippen molar-refractivity contribution in [2.45, 2.75) is 97.1 Å². The number of ether oxygens (including phenoxy) is 14. The fourth-order valence-corrected chi connectivity index (χ4v) is 14.3. The molecule has 2 atom stereocenters. The van der Waals surface area contributed by atoms with Crippen LogP contribution in [0.15, 0.2) is 85.0 Å². The van der Waals surface area contributed by atoms with Gasteiger partial charge in [-0.15, -0.1) is 0 Å². The summed E-state index contributed by atoms with van der Waals surface area (Å²) >= 11 is 12.2. The molecule has 0 saturated carbocycles. The van der Waals surface area contributed by atoms with E-state index < -0.39 is 92.2 Å². The highest BCUT2D eigenvalue weighted by Crippen LogP contribution is 2.33. The molecule has 0 aliphatic carbocycles. The Morgan fingerprint density at radius 1 is 0.464 bits per heavy atom. The van der Waals surface area contributed by atoms with Crippen LogP contribution in [0, 0.1) is 21.4 Å². The van der Waals surface area contributed by atoms with Gasteiger partial charge < -0.3 is 71.6 Å². The van der Waals surface area contributed by atoms with Crippen LogP contribution in [0.25, 0.3) is 0 Å². The Bertz CT molecular complexity index is 3400. The Balaban J connectivity index is 1.23. The van der Waals surface area contributed by atoms with Crippen molar-refractivity contribution in [3.8, 4) is 23.0 Å². The maximum Gasteiger partial charge on any atom is 0.513 e. The molecule has 32 heteroatoms. The SMILES string of the molecule is C=C(C)C(=O)OCCCC(=O)C(Cc1ccc(OC(=O)OCCCOC(=O)OC(COC(=O)OCCCOC)COC(=O)C(=C)C)cc1)NC(=O)CCc1cc(I)c(OC(=O)COc2c(I)cc(CC(=O)OCCCOC(=O)Cc3cc(I)c(OC(C)=O)c(I)c3)cc2I)c(I)c1. The molecule has 4 aromatic carbocycles. The highest BCUT2D eigenvalue weighted by Gasteiger charge is 2.25. The Labute approximate surface area is 641 Å². The molecule has 0 spiro atoms. The number of Topliss-reactive ketones (excluding diaryl/α,β-unsaturated/α-hetero) is 1. The topological polar surface area (TPSA) is 329 Å². The van der Waals surface area contributed by atoms with E-state index in [0.29, 0.717) is 68.4 Å². The third kappa shape index (κ3) is 33.3. The number of hydrogen-bond donors (Lipinski definition) is 1. The standard InChI is InChI=1S/C65H69I6NO25/c1-37(2)61(79)87-19-7-11-53(74)52(31-40-12-15-44(16-13-40)95-64(82)89-23-10-24-90-65(83)96-45(34-92-62(80)38(3)4)35-93-63(81)88-22-8-18-84-6)72-54(75)17-14-41-25-48(68)60(49(69)26-41)97-57(78)36-91-58-46(66)27-42(28-47(58)67)32-55(76)85-20-9-21-86-56(77)33-43-29-50(70)59(51(71)30-43)94-39(5)73/h12-13,15-16,25-30,45,52H,1,3,7-11,14,17-24,31-36H2,2,4-6H3,(H,72,75). The monoisotopic (exact) mass is 2020 g/mol. The lowest BCUT2D eigenvalue weighted by atomic mass is 9.99. The number of carbonyl (C=O) groups excluding carboxylic acids is 11. The fourth-order valence-electron chi connectivity index (χ4n) is 7.85. The summed E-state index contributed by atoms with van der Waals surface area (Å²) in [5.41, 5.74) is 2.96. The largest absolute Gasteiger partial charge is 0.513 e. The zero-order valence-electron chi connectivity index (χ0n) is 53.0. The van der Waals surface area contributed by atoms with Gasteiger partial charge in [0.25, 0.3) is 0 Å². The van der Waals surface area contributed by atoms with Crippen LogP contribution in [0.2, 0.25) is 0 Å². The summed E-state index contributed by atoms with van der Waals surface area (Å²) in [5.74, 6) is -3.00. The third-order valence-electron chi connectivity index (χ3n) is 12.4. The number of ketones is 1. The first-order valence-corrected chi connectivity index (χ1v) is 35.9. The maximum absolute atomic E-state index is 13.7. The summed E-state index contributed by atoms with van der Waals surface area (Å²) in [4.78, 5) is 138. The lowest BCUT2D eigenvalue weighted by Gasteiger charge is -2.19. The van der Waals surface area contributed by atoms with Gasteiger partial charge in [-0.3, -0.25) is 24.0 Å². The average Bonchev–Trinajstić information content (AvgIpc) is 0.869. The molecule has 97 heavy (non-hydrogen) atoms. The third-order valence-corrected chi connectivity index (χ3v) is 17.2. The van der Waals surface area contributed by atoms with E-state index in [1.807, 2.05) is 136 Å². The molecule has 1 N–H and O–H groups in total. The molecule has 4 rings (SSSR count). The second-order valence-electron chi connectivity index (χ2n) is 20.7. The number of nitrogens with one attached hydrogen (secondary N) is 1. The predicted molar refractivity (Wildman–Crippen MR) is 395 cm³/mol. The Hall–Kier alpha value is -5.73. The summed E-state index contributed by atoms with van der Waals surface area (Å²) < 4.78 is 76.8. The van der Waals surface area contributed by atoms with E-state index in [1.165, 1.54) is 40.0 Å². The molecule has 0 radical (unpaired) electrons. The van der Waals surface area contributed by atoms with Crippen molar-refractivity contribution >= 4 is 202 Å². The molecule has 0 saturated heterocycles. The van der Waals surface area contributed by atoms with E-state index in [2.05, 4.69) is 18.5 Å². The molecule has 0 fully saturated rings. The van der Waals surface area contributed by atoms with Gasteiger partial charge in [0.1, 0.15) is 24.7 Å². The molecule has 1 amide bonds. The smallest absolute Gasteiger partial charge is 0.480 e. The Morgan fingerprint density at radius 3 is 1.46 bits per heavy atom. The Kier molecular flexibility index (Phi) is 38.9. The van der Waals surface area contributed by atoms with Gasteiger partial charge in [0.15, 0.2) is 30.0 Å². The van der Waals surface area contributed by atoms with Gasteiger partial charge >= 0.3 is 54.3 Å². The first-order valence-electron chi connectivity index (χ1n) is 29.4. The van der Waals surface area contributed by atoms with E-state index >= 15 is 0 Å². The average molecular weight is 2030 g/mol. The summed E-state index contributed by atoms with van der Waals surface area (Å²) in [7, 11) is 1.49. The number of halogens is 6. The lowest BCUT2D eigenvalue weighted by molar-refractivity contribution is -0.146. The first-order chi connectivity index (χ1) is 46.1.